The predicted molar refractivity (Wildman–Crippen MR) is 84.9 cm³/mol. The summed E-state index contributed by atoms with van der Waals surface area (Å²) in [7, 11) is 0. The highest BCUT2D eigenvalue weighted by Crippen LogP contribution is 2.38. The summed E-state index contributed by atoms with van der Waals surface area (Å²) in [4.78, 5) is 15.8. The number of carbonyl (C=O) groups excluding carboxylic acids is 1. The molecule has 2 rings (SSSR count). The second-order valence-electron chi connectivity index (χ2n) is 6.93. The summed E-state index contributed by atoms with van der Waals surface area (Å²) < 4.78 is 0. The zero-order valence-electron chi connectivity index (χ0n) is 13.8. The van der Waals surface area contributed by atoms with E-state index in [1.807, 2.05) is 0 Å². The van der Waals surface area contributed by atoms with E-state index in [1.165, 1.54) is 32.1 Å². The van der Waals surface area contributed by atoms with Crippen molar-refractivity contribution in [2.75, 3.05) is 13.1 Å². The van der Waals surface area contributed by atoms with E-state index in [2.05, 4.69) is 25.7 Å². The lowest BCUT2D eigenvalue weighted by molar-refractivity contribution is -0.137. The molecule has 1 saturated carbocycles. The number of hydrogen-bond donors (Lipinski definition) is 0. The molecule has 1 saturated heterocycles. The van der Waals surface area contributed by atoms with Gasteiger partial charge in [-0.15, -0.1) is 0 Å². The minimum Gasteiger partial charge on any atom is -0.297 e. The first kappa shape index (κ1) is 16.0. The molecule has 0 N–H and O–H groups in total. The van der Waals surface area contributed by atoms with E-state index in [-0.39, 0.29) is 5.54 Å². The topological polar surface area (TPSA) is 20.3 Å². The number of likely N-dealkylation sites (tertiary alicyclic amines) is 1. The molecule has 2 nitrogen and oxygen atoms in total. The number of Topliss-reactive ketones (excluding diaryl/α,β-unsaturated/α-hetero) is 1. The average molecular weight is 279 g/mol. The van der Waals surface area contributed by atoms with Crippen LogP contribution in [0.4, 0.5) is 0 Å². The summed E-state index contributed by atoms with van der Waals surface area (Å²) >= 11 is 0. The van der Waals surface area contributed by atoms with Gasteiger partial charge in [-0.3, -0.25) is 9.69 Å². The number of hydrogen-bond acceptors (Lipinski definition) is 2. The van der Waals surface area contributed by atoms with Gasteiger partial charge in [0.2, 0.25) is 0 Å². The molecule has 1 heterocycles. The van der Waals surface area contributed by atoms with Crippen molar-refractivity contribution in [1.82, 2.24) is 4.90 Å². The zero-order chi connectivity index (χ0) is 14.6. The van der Waals surface area contributed by atoms with Crippen molar-refractivity contribution in [2.24, 2.45) is 11.8 Å². The standard InChI is InChI=1S/C18H33NO/c1-4-15-10-9-11-16(14-15)17(20)18(5-2,6-3)19-12-7-8-13-19/h15-16H,4-14H2,1-3H3. The second-order valence-corrected chi connectivity index (χ2v) is 6.93. The molecule has 1 aliphatic heterocycles. The van der Waals surface area contributed by atoms with Crippen LogP contribution in [0.2, 0.25) is 0 Å². The minimum absolute atomic E-state index is 0.142. The van der Waals surface area contributed by atoms with Gasteiger partial charge in [-0.25, -0.2) is 0 Å². The summed E-state index contributed by atoms with van der Waals surface area (Å²) in [6.45, 7) is 9.00. The van der Waals surface area contributed by atoms with Gasteiger partial charge < -0.3 is 0 Å². The van der Waals surface area contributed by atoms with Gasteiger partial charge >= 0.3 is 0 Å². The maximum absolute atomic E-state index is 13.3. The molecule has 0 spiro atoms. The molecule has 1 aliphatic carbocycles. The van der Waals surface area contributed by atoms with Gasteiger partial charge in [-0.2, -0.15) is 0 Å². The van der Waals surface area contributed by atoms with Crippen molar-refractivity contribution in [3.05, 3.63) is 0 Å². The Kier molecular flexibility index (Phi) is 5.65. The van der Waals surface area contributed by atoms with Gasteiger partial charge in [0.05, 0.1) is 5.54 Å². The largest absolute Gasteiger partial charge is 0.297 e. The Morgan fingerprint density at radius 3 is 2.25 bits per heavy atom. The lowest BCUT2D eigenvalue weighted by Gasteiger charge is -2.43. The van der Waals surface area contributed by atoms with Gasteiger partial charge in [-0.1, -0.05) is 40.0 Å². The van der Waals surface area contributed by atoms with E-state index in [0.717, 1.165) is 44.7 Å². The van der Waals surface area contributed by atoms with Crippen molar-refractivity contribution in [1.29, 1.82) is 0 Å². The van der Waals surface area contributed by atoms with Crippen LogP contribution in [-0.4, -0.2) is 29.3 Å². The maximum atomic E-state index is 13.3. The number of rotatable bonds is 6. The summed E-state index contributed by atoms with van der Waals surface area (Å²) in [5.74, 6) is 1.72. The molecular formula is C18H33NO. The fourth-order valence-electron chi connectivity index (χ4n) is 4.63. The lowest BCUT2D eigenvalue weighted by Crippen LogP contribution is -2.55. The molecule has 0 aromatic carbocycles. The van der Waals surface area contributed by atoms with E-state index in [4.69, 9.17) is 0 Å². The third-order valence-corrected chi connectivity index (χ3v) is 6.07. The molecule has 2 unspecified atom stereocenters. The summed E-state index contributed by atoms with van der Waals surface area (Å²) in [5, 5.41) is 0. The van der Waals surface area contributed by atoms with Crippen LogP contribution in [0.25, 0.3) is 0 Å². The Balaban J connectivity index is 2.13. The number of carbonyl (C=O) groups is 1. The first-order chi connectivity index (χ1) is 9.67. The molecule has 0 aromatic heterocycles. The predicted octanol–water partition coefficient (Wildman–Crippen LogP) is 4.43. The monoisotopic (exact) mass is 279 g/mol. The van der Waals surface area contributed by atoms with E-state index < -0.39 is 0 Å². The van der Waals surface area contributed by atoms with Gasteiger partial charge in [0.15, 0.2) is 5.78 Å². The van der Waals surface area contributed by atoms with E-state index in [0.29, 0.717) is 11.7 Å². The van der Waals surface area contributed by atoms with Crippen LogP contribution in [0.1, 0.15) is 78.6 Å². The van der Waals surface area contributed by atoms with Gasteiger partial charge in [0.25, 0.3) is 0 Å². The van der Waals surface area contributed by atoms with Crippen LogP contribution in [0.3, 0.4) is 0 Å². The van der Waals surface area contributed by atoms with Crippen molar-refractivity contribution in [3.63, 3.8) is 0 Å². The fraction of sp³-hybridized carbons (Fsp3) is 0.944. The Hall–Kier alpha value is -0.370. The van der Waals surface area contributed by atoms with E-state index >= 15 is 0 Å². The van der Waals surface area contributed by atoms with Crippen LogP contribution in [0.15, 0.2) is 0 Å². The van der Waals surface area contributed by atoms with Crippen molar-refractivity contribution in [3.8, 4) is 0 Å². The van der Waals surface area contributed by atoms with Crippen LogP contribution >= 0.6 is 0 Å². The normalized spacial score (nSPS) is 28.8. The molecular weight excluding hydrogens is 246 g/mol. The highest BCUT2D eigenvalue weighted by atomic mass is 16.1. The number of nitrogens with zero attached hydrogens (tertiary/aromatic N) is 1. The molecule has 0 amide bonds. The smallest absolute Gasteiger partial charge is 0.156 e. The van der Waals surface area contributed by atoms with Crippen LogP contribution < -0.4 is 0 Å². The van der Waals surface area contributed by atoms with Gasteiger partial charge in [-0.05, 0) is 57.5 Å². The van der Waals surface area contributed by atoms with E-state index in [1.54, 1.807) is 0 Å². The quantitative estimate of drug-likeness (QED) is 0.717. The molecule has 2 atom stereocenters. The highest BCUT2D eigenvalue weighted by molar-refractivity contribution is 5.90. The molecule has 116 valence electrons. The number of ketones is 1. The van der Waals surface area contributed by atoms with Crippen molar-refractivity contribution >= 4 is 5.78 Å². The Morgan fingerprint density at radius 1 is 1.05 bits per heavy atom. The Bertz CT molecular complexity index is 315. The summed E-state index contributed by atoms with van der Waals surface area (Å²) in [5.41, 5.74) is -0.142. The summed E-state index contributed by atoms with van der Waals surface area (Å²) in [6, 6.07) is 0. The summed E-state index contributed by atoms with van der Waals surface area (Å²) in [6.07, 6.45) is 10.7. The van der Waals surface area contributed by atoms with Crippen molar-refractivity contribution in [2.45, 2.75) is 84.1 Å². The lowest BCUT2D eigenvalue weighted by atomic mass is 9.71. The average Bonchev–Trinajstić information content (AvgIpc) is 3.04. The molecule has 2 aliphatic rings. The van der Waals surface area contributed by atoms with Crippen molar-refractivity contribution < 1.29 is 4.79 Å². The third kappa shape index (κ3) is 2.95. The van der Waals surface area contributed by atoms with Gasteiger partial charge in [0.1, 0.15) is 0 Å². The molecule has 20 heavy (non-hydrogen) atoms. The fourth-order valence-corrected chi connectivity index (χ4v) is 4.63. The molecule has 0 bridgehead atoms. The first-order valence-electron chi connectivity index (χ1n) is 8.97. The Morgan fingerprint density at radius 2 is 1.70 bits per heavy atom. The van der Waals surface area contributed by atoms with Crippen LogP contribution in [-0.2, 0) is 4.79 Å². The highest BCUT2D eigenvalue weighted by Gasteiger charge is 2.45. The van der Waals surface area contributed by atoms with Gasteiger partial charge in [0, 0.05) is 5.92 Å². The molecule has 0 aromatic rings. The first-order valence-corrected chi connectivity index (χ1v) is 8.97. The minimum atomic E-state index is -0.142. The molecule has 2 heteroatoms. The van der Waals surface area contributed by atoms with E-state index in [9.17, 15) is 4.79 Å². The Labute approximate surface area is 125 Å². The van der Waals surface area contributed by atoms with Crippen LogP contribution in [0, 0.1) is 11.8 Å². The maximum Gasteiger partial charge on any atom is 0.156 e. The third-order valence-electron chi connectivity index (χ3n) is 6.07. The molecule has 0 radical (unpaired) electrons. The second kappa shape index (κ2) is 7.06. The molecule has 2 fully saturated rings. The zero-order valence-corrected chi connectivity index (χ0v) is 13.8. The SMILES string of the molecule is CCC1CCCC(C(=O)C(CC)(CC)N2CCCC2)C1. The van der Waals surface area contributed by atoms with Crippen LogP contribution in [0.5, 0.6) is 0 Å².